The molecule has 1 heteroatoms. The summed E-state index contributed by atoms with van der Waals surface area (Å²) in [6.07, 6.45) is 12.9. The second-order valence-corrected chi connectivity index (χ2v) is 4.32. The summed E-state index contributed by atoms with van der Waals surface area (Å²) >= 11 is 0. The van der Waals surface area contributed by atoms with Gasteiger partial charge in [-0.25, -0.2) is 0 Å². The zero-order valence-corrected chi connectivity index (χ0v) is 9.56. The van der Waals surface area contributed by atoms with Crippen LogP contribution in [0.4, 0.5) is 0 Å². The van der Waals surface area contributed by atoms with Gasteiger partial charge < -0.3 is 5.11 Å². The third-order valence-corrected chi connectivity index (χ3v) is 3.24. The molecule has 0 saturated heterocycles. The van der Waals surface area contributed by atoms with Crippen LogP contribution >= 0.6 is 0 Å². The molecular formula is C16H14O. The largest absolute Gasteiger partial charge is 0.507 e. The van der Waals surface area contributed by atoms with Gasteiger partial charge in [-0.15, -0.1) is 0 Å². The van der Waals surface area contributed by atoms with Crippen molar-refractivity contribution in [1.29, 1.82) is 0 Å². The number of hydrogen-bond acceptors (Lipinski definition) is 1. The van der Waals surface area contributed by atoms with Crippen molar-refractivity contribution in [3.8, 4) is 5.75 Å². The average molecular weight is 222 g/mol. The highest BCUT2D eigenvalue weighted by Gasteiger charge is 2.16. The Hall–Kier alpha value is -2.02. The van der Waals surface area contributed by atoms with E-state index in [9.17, 15) is 5.11 Å². The molecule has 1 aromatic rings. The SMILES string of the molecule is Oc1ccccc1C1=C2C=CCC=C2CC=C1. The van der Waals surface area contributed by atoms with E-state index >= 15 is 0 Å². The molecule has 0 unspecified atom stereocenters. The fraction of sp³-hybridized carbons (Fsp3) is 0.125. The molecule has 1 nitrogen and oxygen atoms in total. The van der Waals surface area contributed by atoms with Crippen LogP contribution in [0.15, 0.2) is 65.8 Å². The fourth-order valence-corrected chi connectivity index (χ4v) is 2.40. The Bertz CT molecular complexity index is 571. The zero-order valence-electron chi connectivity index (χ0n) is 9.56. The molecule has 0 radical (unpaired) electrons. The number of benzene rings is 1. The van der Waals surface area contributed by atoms with Crippen LogP contribution in [0.25, 0.3) is 5.57 Å². The van der Waals surface area contributed by atoms with Gasteiger partial charge in [-0.05, 0) is 35.6 Å². The Morgan fingerprint density at radius 2 is 1.76 bits per heavy atom. The third kappa shape index (κ3) is 1.74. The second-order valence-electron chi connectivity index (χ2n) is 4.32. The number of hydrogen-bond donors (Lipinski definition) is 1. The molecule has 17 heavy (non-hydrogen) atoms. The average Bonchev–Trinajstić information content (AvgIpc) is 2.39. The van der Waals surface area contributed by atoms with E-state index < -0.39 is 0 Å². The maximum atomic E-state index is 9.94. The topological polar surface area (TPSA) is 20.2 Å². The van der Waals surface area contributed by atoms with Crippen LogP contribution in [0.1, 0.15) is 18.4 Å². The molecule has 0 bridgehead atoms. The Morgan fingerprint density at radius 1 is 0.941 bits per heavy atom. The van der Waals surface area contributed by atoms with E-state index in [1.165, 1.54) is 11.1 Å². The molecule has 1 N–H and O–H groups in total. The molecule has 0 heterocycles. The maximum Gasteiger partial charge on any atom is 0.123 e. The number of phenolic OH excluding ortho intramolecular Hbond substituents is 1. The van der Waals surface area contributed by atoms with Crippen LogP contribution in [-0.4, -0.2) is 5.11 Å². The molecule has 2 aliphatic rings. The summed E-state index contributed by atoms with van der Waals surface area (Å²) in [4.78, 5) is 0. The van der Waals surface area contributed by atoms with Crippen molar-refractivity contribution in [2.75, 3.05) is 0 Å². The van der Waals surface area contributed by atoms with Gasteiger partial charge in [0.2, 0.25) is 0 Å². The van der Waals surface area contributed by atoms with Crippen molar-refractivity contribution in [2.24, 2.45) is 0 Å². The standard InChI is InChI=1S/C16H14O/c17-16-11-4-3-9-15(16)14-10-5-7-12-6-1-2-8-13(12)14/h2-6,8-11,17H,1,7H2. The zero-order chi connectivity index (χ0) is 11.7. The predicted octanol–water partition coefficient (Wildman–Crippen LogP) is 3.99. The highest BCUT2D eigenvalue weighted by molar-refractivity contribution is 5.86. The number of rotatable bonds is 1. The van der Waals surface area contributed by atoms with E-state index in [0.29, 0.717) is 5.75 Å². The van der Waals surface area contributed by atoms with E-state index in [4.69, 9.17) is 0 Å². The number of para-hydroxylation sites is 1. The Balaban J connectivity index is 2.19. The van der Waals surface area contributed by atoms with E-state index in [2.05, 4.69) is 30.4 Å². The summed E-state index contributed by atoms with van der Waals surface area (Å²) in [5, 5.41) is 9.94. The smallest absolute Gasteiger partial charge is 0.123 e. The van der Waals surface area contributed by atoms with Crippen molar-refractivity contribution in [3.63, 3.8) is 0 Å². The lowest BCUT2D eigenvalue weighted by Crippen LogP contribution is -1.99. The molecule has 84 valence electrons. The highest BCUT2D eigenvalue weighted by Crippen LogP contribution is 2.37. The number of phenols is 1. The summed E-state index contributed by atoms with van der Waals surface area (Å²) in [6, 6.07) is 7.51. The summed E-state index contributed by atoms with van der Waals surface area (Å²) in [6.45, 7) is 0. The van der Waals surface area contributed by atoms with Gasteiger partial charge in [-0.3, -0.25) is 0 Å². The number of allylic oxidation sites excluding steroid dienone is 8. The molecular weight excluding hydrogens is 208 g/mol. The number of aromatic hydroxyl groups is 1. The second kappa shape index (κ2) is 4.10. The lowest BCUT2D eigenvalue weighted by Gasteiger charge is -2.19. The van der Waals surface area contributed by atoms with E-state index in [1.54, 1.807) is 6.07 Å². The van der Waals surface area contributed by atoms with Crippen LogP contribution in [0.2, 0.25) is 0 Å². The molecule has 0 spiro atoms. The molecule has 2 aliphatic carbocycles. The minimum absolute atomic E-state index is 0.347. The first-order valence-corrected chi connectivity index (χ1v) is 5.91. The van der Waals surface area contributed by atoms with Crippen molar-refractivity contribution in [2.45, 2.75) is 12.8 Å². The quantitative estimate of drug-likeness (QED) is 0.761. The van der Waals surface area contributed by atoms with Gasteiger partial charge in [-0.1, -0.05) is 48.6 Å². The molecule has 0 amide bonds. The summed E-state index contributed by atoms with van der Waals surface area (Å²) in [5.74, 6) is 0.347. The molecule has 0 aromatic heterocycles. The molecule has 0 aliphatic heterocycles. The summed E-state index contributed by atoms with van der Waals surface area (Å²) in [7, 11) is 0. The molecule has 0 saturated carbocycles. The fourth-order valence-electron chi connectivity index (χ4n) is 2.40. The van der Waals surface area contributed by atoms with Crippen LogP contribution in [0.3, 0.4) is 0 Å². The van der Waals surface area contributed by atoms with Gasteiger partial charge >= 0.3 is 0 Å². The summed E-state index contributed by atoms with van der Waals surface area (Å²) < 4.78 is 0. The van der Waals surface area contributed by atoms with Crippen LogP contribution in [-0.2, 0) is 0 Å². The monoisotopic (exact) mass is 222 g/mol. The highest BCUT2D eigenvalue weighted by atomic mass is 16.3. The van der Waals surface area contributed by atoms with Crippen molar-refractivity contribution >= 4 is 5.57 Å². The lowest BCUT2D eigenvalue weighted by atomic mass is 9.85. The van der Waals surface area contributed by atoms with Gasteiger partial charge in [0, 0.05) is 5.56 Å². The summed E-state index contributed by atoms with van der Waals surface area (Å²) in [5.41, 5.74) is 4.65. The maximum absolute atomic E-state index is 9.94. The van der Waals surface area contributed by atoms with Gasteiger partial charge in [0.05, 0.1) is 0 Å². The van der Waals surface area contributed by atoms with Crippen molar-refractivity contribution < 1.29 is 5.11 Å². The lowest BCUT2D eigenvalue weighted by molar-refractivity contribution is 0.473. The van der Waals surface area contributed by atoms with E-state index in [0.717, 1.165) is 24.0 Å². The molecule has 3 rings (SSSR count). The molecule has 0 atom stereocenters. The first-order chi connectivity index (χ1) is 8.36. The normalized spacial score (nSPS) is 18.0. The predicted molar refractivity (Wildman–Crippen MR) is 70.6 cm³/mol. The van der Waals surface area contributed by atoms with E-state index in [1.807, 2.05) is 18.2 Å². The third-order valence-electron chi connectivity index (χ3n) is 3.24. The Labute approximate surface area is 101 Å². The molecule has 1 aromatic carbocycles. The van der Waals surface area contributed by atoms with Gasteiger partial charge in [0.15, 0.2) is 0 Å². The van der Waals surface area contributed by atoms with Crippen LogP contribution in [0.5, 0.6) is 5.75 Å². The van der Waals surface area contributed by atoms with Gasteiger partial charge in [0.25, 0.3) is 0 Å². The van der Waals surface area contributed by atoms with Crippen LogP contribution in [0, 0.1) is 0 Å². The minimum atomic E-state index is 0.347. The number of fused-ring (bicyclic) bond motifs is 1. The first kappa shape index (κ1) is 10.2. The van der Waals surface area contributed by atoms with E-state index in [-0.39, 0.29) is 0 Å². The first-order valence-electron chi connectivity index (χ1n) is 5.91. The Morgan fingerprint density at radius 3 is 2.65 bits per heavy atom. The van der Waals surface area contributed by atoms with Gasteiger partial charge in [-0.2, -0.15) is 0 Å². The Kier molecular flexibility index (Phi) is 2.45. The minimum Gasteiger partial charge on any atom is -0.507 e. The molecule has 0 fully saturated rings. The van der Waals surface area contributed by atoms with Crippen molar-refractivity contribution in [1.82, 2.24) is 0 Å². The van der Waals surface area contributed by atoms with Crippen LogP contribution < -0.4 is 0 Å². The van der Waals surface area contributed by atoms with Crippen molar-refractivity contribution in [3.05, 3.63) is 71.4 Å². The van der Waals surface area contributed by atoms with Gasteiger partial charge in [0.1, 0.15) is 5.75 Å².